The second kappa shape index (κ2) is 8.35. The van der Waals surface area contributed by atoms with Gasteiger partial charge >= 0.3 is 0 Å². The molecule has 0 radical (unpaired) electrons. The van der Waals surface area contributed by atoms with E-state index in [1.807, 2.05) is 6.07 Å². The quantitative estimate of drug-likeness (QED) is 0.746. The summed E-state index contributed by atoms with van der Waals surface area (Å²) in [7, 11) is -3.51. The fourth-order valence-electron chi connectivity index (χ4n) is 3.96. The SMILES string of the molecule is O=C(Nc1cccc(S(=O)(=O)N2CCCCC2)c1)c1cc2c(s1)CCCCC2. The number of benzene rings is 1. The predicted octanol–water partition coefficient (Wildman–Crippen LogP) is 4.44. The Hall–Kier alpha value is -1.70. The maximum Gasteiger partial charge on any atom is 0.265 e. The van der Waals surface area contributed by atoms with Gasteiger partial charge < -0.3 is 5.32 Å². The molecule has 1 aromatic heterocycles. The van der Waals surface area contributed by atoms with E-state index in [1.165, 1.54) is 29.7 Å². The highest BCUT2D eigenvalue weighted by Gasteiger charge is 2.26. The summed E-state index contributed by atoms with van der Waals surface area (Å²) in [5, 5.41) is 2.89. The van der Waals surface area contributed by atoms with Gasteiger partial charge in [0.15, 0.2) is 0 Å². The Kier molecular flexibility index (Phi) is 5.85. The highest BCUT2D eigenvalue weighted by molar-refractivity contribution is 7.89. The first kappa shape index (κ1) is 19.6. The van der Waals surface area contributed by atoms with Crippen molar-refractivity contribution >= 4 is 33.0 Å². The van der Waals surface area contributed by atoms with Crippen LogP contribution >= 0.6 is 11.3 Å². The summed E-state index contributed by atoms with van der Waals surface area (Å²) in [6.45, 7) is 1.14. The van der Waals surface area contributed by atoms with E-state index in [-0.39, 0.29) is 10.8 Å². The minimum atomic E-state index is -3.51. The lowest BCUT2D eigenvalue weighted by atomic mass is 10.1. The highest BCUT2D eigenvalue weighted by atomic mass is 32.2. The number of carbonyl (C=O) groups excluding carboxylic acids is 1. The third-order valence-corrected chi connectivity index (χ3v) is 8.65. The van der Waals surface area contributed by atoms with Gasteiger partial charge in [-0.25, -0.2) is 8.42 Å². The molecule has 150 valence electrons. The Bertz CT molecular complexity index is 936. The summed E-state index contributed by atoms with van der Waals surface area (Å²) in [6, 6.07) is 8.62. The zero-order valence-electron chi connectivity index (χ0n) is 15.9. The van der Waals surface area contributed by atoms with Crippen LogP contribution in [0.5, 0.6) is 0 Å². The molecule has 1 N–H and O–H groups in total. The van der Waals surface area contributed by atoms with E-state index in [0.29, 0.717) is 23.7 Å². The van der Waals surface area contributed by atoms with Gasteiger partial charge in [-0.2, -0.15) is 4.31 Å². The number of sulfonamides is 1. The largest absolute Gasteiger partial charge is 0.321 e. The number of thiophene rings is 1. The van der Waals surface area contributed by atoms with Crippen molar-refractivity contribution in [1.29, 1.82) is 0 Å². The van der Waals surface area contributed by atoms with Crippen molar-refractivity contribution in [3.8, 4) is 0 Å². The van der Waals surface area contributed by atoms with Crippen molar-refractivity contribution < 1.29 is 13.2 Å². The molecule has 2 heterocycles. The number of aryl methyl sites for hydroxylation is 2. The Morgan fingerprint density at radius 2 is 1.71 bits per heavy atom. The molecule has 7 heteroatoms. The zero-order chi connectivity index (χ0) is 19.6. The number of nitrogens with one attached hydrogen (secondary N) is 1. The molecule has 1 aliphatic heterocycles. The molecule has 2 aliphatic rings. The van der Waals surface area contributed by atoms with Gasteiger partial charge in [-0.3, -0.25) is 4.79 Å². The first-order valence-corrected chi connectivity index (χ1v) is 12.3. The molecule has 5 nitrogen and oxygen atoms in total. The Morgan fingerprint density at radius 3 is 2.54 bits per heavy atom. The van der Waals surface area contributed by atoms with E-state index in [1.54, 1.807) is 39.9 Å². The molecule has 1 fully saturated rings. The monoisotopic (exact) mass is 418 g/mol. The lowest BCUT2D eigenvalue weighted by molar-refractivity contribution is 0.103. The minimum Gasteiger partial charge on any atom is -0.321 e. The lowest BCUT2D eigenvalue weighted by Crippen LogP contribution is -2.35. The maximum absolute atomic E-state index is 12.9. The van der Waals surface area contributed by atoms with Crippen LogP contribution in [0, 0.1) is 0 Å². The molecular weight excluding hydrogens is 392 g/mol. The van der Waals surface area contributed by atoms with Crippen molar-refractivity contribution in [2.75, 3.05) is 18.4 Å². The van der Waals surface area contributed by atoms with Gasteiger partial charge in [0.25, 0.3) is 5.91 Å². The molecule has 1 aromatic carbocycles. The van der Waals surface area contributed by atoms with Crippen molar-refractivity contribution in [3.63, 3.8) is 0 Å². The summed E-state index contributed by atoms with van der Waals surface area (Å²) >= 11 is 1.57. The molecule has 28 heavy (non-hydrogen) atoms. The fraction of sp³-hybridized carbons (Fsp3) is 0.476. The van der Waals surface area contributed by atoms with Gasteiger partial charge in [-0.1, -0.05) is 18.9 Å². The molecule has 1 saturated heterocycles. The van der Waals surface area contributed by atoms with Gasteiger partial charge in [0, 0.05) is 23.7 Å². The van der Waals surface area contributed by atoms with E-state index in [9.17, 15) is 13.2 Å². The molecule has 1 aliphatic carbocycles. The van der Waals surface area contributed by atoms with E-state index in [4.69, 9.17) is 0 Å². The van der Waals surface area contributed by atoms with Crippen molar-refractivity contribution in [1.82, 2.24) is 4.31 Å². The first-order valence-electron chi connectivity index (χ1n) is 10.1. The van der Waals surface area contributed by atoms with E-state index < -0.39 is 10.0 Å². The smallest absolute Gasteiger partial charge is 0.265 e. The van der Waals surface area contributed by atoms with Crippen LogP contribution in [0.1, 0.15) is 58.6 Å². The molecule has 0 bridgehead atoms. The summed E-state index contributed by atoms with van der Waals surface area (Å²) < 4.78 is 27.3. The maximum atomic E-state index is 12.9. The molecule has 4 rings (SSSR count). The number of hydrogen-bond donors (Lipinski definition) is 1. The van der Waals surface area contributed by atoms with Gasteiger partial charge in [-0.15, -0.1) is 11.3 Å². The number of carbonyl (C=O) groups is 1. The van der Waals surface area contributed by atoms with Gasteiger partial charge in [-0.05, 0) is 68.4 Å². The Labute approximate surface area is 170 Å². The second-order valence-electron chi connectivity index (χ2n) is 7.57. The van der Waals surface area contributed by atoms with Crippen LogP contribution in [0.25, 0.3) is 0 Å². The third kappa shape index (κ3) is 4.16. The number of rotatable bonds is 4. The fourth-order valence-corrected chi connectivity index (χ4v) is 6.67. The van der Waals surface area contributed by atoms with Crippen LogP contribution in [0.15, 0.2) is 35.2 Å². The number of amides is 1. The van der Waals surface area contributed by atoms with Crippen molar-refractivity contribution in [2.45, 2.75) is 56.3 Å². The number of nitrogens with zero attached hydrogens (tertiary/aromatic N) is 1. The van der Waals surface area contributed by atoms with Crippen LogP contribution in [-0.2, 0) is 22.9 Å². The average molecular weight is 419 g/mol. The Morgan fingerprint density at radius 1 is 0.964 bits per heavy atom. The summed E-state index contributed by atoms with van der Waals surface area (Å²) in [5.74, 6) is -0.161. The molecule has 0 spiro atoms. The van der Waals surface area contributed by atoms with E-state index >= 15 is 0 Å². The number of anilines is 1. The predicted molar refractivity (Wildman–Crippen MR) is 113 cm³/mol. The molecule has 1 amide bonds. The topological polar surface area (TPSA) is 66.5 Å². The first-order chi connectivity index (χ1) is 13.5. The number of fused-ring (bicyclic) bond motifs is 1. The molecule has 0 unspecified atom stereocenters. The average Bonchev–Trinajstić information content (AvgIpc) is 3.00. The van der Waals surface area contributed by atoms with E-state index in [2.05, 4.69) is 5.32 Å². The molecule has 0 atom stereocenters. The van der Waals surface area contributed by atoms with Gasteiger partial charge in [0.05, 0.1) is 9.77 Å². The molecular formula is C21H26N2O3S2. The minimum absolute atomic E-state index is 0.161. The summed E-state index contributed by atoms with van der Waals surface area (Å²) in [6.07, 6.45) is 8.59. The van der Waals surface area contributed by atoms with Crippen LogP contribution in [-0.4, -0.2) is 31.7 Å². The highest BCUT2D eigenvalue weighted by Crippen LogP contribution is 2.30. The van der Waals surface area contributed by atoms with Crippen LogP contribution in [0.4, 0.5) is 5.69 Å². The zero-order valence-corrected chi connectivity index (χ0v) is 17.6. The van der Waals surface area contributed by atoms with Crippen molar-refractivity contribution in [3.05, 3.63) is 45.6 Å². The van der Waals surface area contributed by atoms with Crippen molar-refractivity contribution in [2.24, 2.45) is 0 Å². The summed E-state index contributed by atoms with van der Waals surface area (Å²) in [5.41, 5.74) is 1.82. The van der Waals surface area contributed by atoms with Crippen LogP contribution in [0.3, 0.4) is 0 Å². The van der Waals surface area contributed by atoms with Crippen LogP contribution < -0.4 is 5.32 Å². The normalized spacial score (nSPS) is 18.3. The number of hydrogen-bond acceptors (Lipinski definition) is 4. The summed E-state index contributed by atoms with van der Waals surface area (Å²) in [4.78, 5) is 15.0. The van der Waals surface area contributed by atoms with Gasteiger partial charge in [0.1, 0.15) is 0 Å². The molecule has 2 aromatic rings. The molecule has 0 saturated carbocycles. The third-order valence-electron chi connectivity index (χ3n) is 5.52. The van der Waals surface area contributed by atoms with E-state index in [0.717, 1.165) is 32.1 Å². The van der Waals surface area contributed by atoms with Gasteiger partial charge in [0.2, 0.25) is 10.0 Å². The number of piperidine rings is 1. The lowest BCUT2D eigenvalue weighted by Gasteiger charge is -2.26. The standard InChI is InChI=1S/C21H26N2O3S2/c24-21(20-14-16-8-3-1-4-11-19(16)27-20)22-17-9-7-10-18(15-17)28(25,26)23-12-5-2-6-13-23/h7,9-10,14-15H,1-6,8,11-13H2,(H,22,24). The van der Waals surface area contributed by atoms with Crippen LogP contribution in [0.2, 0.25) is 0 Å². The second-order valence-corrected chi connectivity index (χ2v) is 10.6. The Balaban J connectivity index is 1.51.